The second-order valence-electron chi connectivity index (χ2n) is 4.50. The number of nitrogens with zero attached hydrogens (tertiary/aromatic N) is 1. The summed E-state index contributed by atoms with van der Waals surface area (Å²) in [6.45, 7) is 2.06. The first-order valence-electron chi connectivity index (χ1n) is 5.48. The molecule has 0 atom stereocenters. The number of halogens is 2. The lowest BCUT2D eigenvalue weighted by Crippen LogP contribution is -2.40. The summed E-state index contributed by atoms with van der Waals surface area (Å²) in [5, 5.41) is 9.19. The molecule has 1 aliphatic carbocycles. The highest BCUT2D eigenvalue weighted by Crippen LogP contribution is 2.49. The summed E-state index contributed by atoms with van der Waals surface area (Å²) in [4.78, 5) is 0. The molecule has 0 saturated heterocycles. The third kappa shape index (κ3) is 1.59. The van der Waals surface area contributed by atoms with E-state index in [1.54, 1.807) is 0 Å². The number of nitriles is 1. The molecule has 1 fully saturated rings. The third-order valence-electron chi connectivity index (χ3n) is 3.51. The normalized spacial score (nSPS) is 28.2. The first kappa shape index (κ1) is 11.1. The predicted octanol–water partition coefficient (Wildman–Crippen LogP) is 3.55. The predicted molar refractivity (Wildman–Crippen MR) is 56.7 cm³/mol. The molecule has 1 saturated carbocycles. The molecule has 0 spiro atoms. The molecule has 0 unspecified atom stereocenters. The molecule has 84 valence electrons. The molecule has 0 N–H and O–H groups in total. The summed E-state index contributed by atoms with van der Waals surface area (Å²) >= 11 is 0. The van der Waals surface area contributed by atoms with Crippen molar-refractivity contribution in [2.75, 3.05) is 0 Å². The Balaban J connectivity index is 2.33. The van der Waals surface area contributed by atoms with E-state index in [1.807, 2.05) is 0 Å². The van der Waals surface area contributed by atoms with E-state index < -0.39 is 17.0 Å². The SMILES string of the molecule is CCC1CC(C#N)(c2ccc(F)cc2F)C1. The van der Waals surface area contributed by atoms with Gasteiger partial charge in [-0.1, -0.05) is 19.4 Å². The minimum Gasteiger partial charge on any atom is -0.207 e. The van der Waals surface area contributed by atoms with E-state index >= 15 is 0 Å². The molecule has 1 aliphatic rings. The Morgan fingerprint density at radius 3 is 2.62 bits per heavy atom. The van der Waals surface area contributed by atoms with Crippen LogP contribution in [0.5, 0.6) is 0 Å². The molecule has 16 heavy (non-hydrogen) atoms. The lowest BCUT2D eigenvalue weighted by molar-refractivity contribution is 0.187. The Morgan fingerprint density at radius 1 is 1.44 bits per heavy atom. The van der Waals surface area contributed by atoms with E-state index in [1.165, 1.54) is 12.1 Å². The molecule has 0 radical (unpaired) electrons. The molecule has 3 heteroatoms. The Kier molecular flexibility index (Phi) is 2.67. The van der Waals surface area contributed by atoms with Crippen LogP contribution in [0.25, 0.3) is 0 Å². The highest BCUT2D eigenvalue weighted by molar-refractivity contribution is 5.37. The van der Waals surface area contributed by atoms with Crippen molar-refractivity contribution in [3.05, 3.63) is 35.4 Å². The van der Waals surface area contributed by atoms with E-state index in [0.717, 1.165) is 12.5 Å². The smallest absolute Gasteiger partial charge is 0.130 e. The second-order valence-corrected chi connectivity index (χ2v) is 4.50. The Bertz CT molecular complexity index is 442. The number of hydrogen-bond donors (Lipinski definition) is 0. The summed E-state index contributed by atoms with van der Waals surface area (Å²) in [5.74, 6) is -0.707. The van der Waals surface area contributed by atoms with E-state index in [4.69, 9.17) is 0 Å². The van der Waals surface area contributed by atoms with E-state index in [0.29, 0.717) is 24.3 Å². The van der Waals surface area contributed by atoms with Gasteiger partial charge in [0.25, 0.3) is 0 Å². The number of rotatable bonds is 2. The van der Waals surface area contributed by atoms with Gasteiger partial charge in [0.15, 0.2) is 0 Å². The standard InChI is InChI=1S/C13H13F2N/c1-2-9-6-13(7-9,8-16)11-4-3-10(14)5-12(11)15/h3-5,9H,2,6-7H2,1H3. The summed E-state index contributed by atoms with van der Waals surface area (Å²) in [6.07, 6.45) is 2.37. The van der Waals surface area contributed by atoms with E-state index in [-0.39, 0.29) is 0 Å². The van der Waals surface area contributed by atoms with Crippen LogP contribution in [0.3, 0.4) is 0 Å². The fourth-order valence-corrected chi connectivity index (χ4v) is 2.46. The largest absolute Gasteiger partial charge is 0.207 e. The minimum absolute atomic E-state index is 0.348. The molecule has 1 nitrogen and oxygen atoms in total. The van der Waals surface area contributed by atoms with Gasteiger partial charge in [-0.05, 0) is 24.8 Å². The van der Waals surface area contributed by atoms with Crippen molar-refractivity contribution in [3.8, 4) is 6.07 Å². The Morgan fingerprint density at radius 2 is 2.12 bits per heavy atom. The zero-order valence-electron chi connectivity index (χ0n) is 9.13. The summed E-state index contributed by atoms with van der Waals surface area (Å²) in [6, 6.07) is 5.67. The van der Waals surface area contributed by atoms with Crippen molar-refractivity contribution < 1.29 is 8.78 Å². The summed E-state index contributed by atoms with van der Waals surface area (Å²) < 4.78 is 26.4. The Hall–Kier alpha value is -1.43. The zero-order valence-corrected chi connectivity index (χ0v) is 9.13. The highest BCUT2D eigenvalue weighted by atomic mass is 19.1. The van der Waals surface area contributed by atoms with Gasteiger partial charge in [-0.2, -0.15) is 5.26 Å². The first-order valence-corrected chi connectivity index (χ1v) is 5.48. The van der Waals surface area contributed by atoms with Gasteiger partial charge < -0.3 is 0 Å². The van der Waals surface area contributed by atoms with Gasteiger partial charge in [0.1, 0.15) is 11.6 Å². The lowest BCUT2D eigenvalue weighted by Gasteiger charge is -2.42. The van der Waals surface area contributed by atoms with Crippen LogP contribution < -0.4 is 0 Å². The van der Waals surface area contributed by atoms with E-state index in [2.05, 4.69) is 13.0 Å². The molecule has 0 aliphatic heterocycles. The molecule has 0 aromatic heterocycles. The van der Waals surface area contributed by atoms with Crippen LogP contribution in [0.1, 0.15) is 31.7 Å². The molecule has 0 bridgehead atoms. The van der Waals surface area contributed by atoms with E-state index in [9.17, 15) is 14.0 Å². The van der Waals surface area contributed by atoms with Crippen LogP contribution in [0.2, 0.25) is 0 Å². The van der Waals surface area contributed by atoms with Gasteiger partial charge in [-0.3, -0.25) is 0 Å². The van der Waals surface area contributed by atoms with Crippen LogP contribution in [-0.4, -0.2) is 0 Å². The molecule has 1 aromatic carbocycles. The molecular formula is C13H13F2N. The van der Waals surface area contributed by atoms with Gasteiger partial charge in [-0.15, -0.1) is 0 Å². The highest BCUT2D eigenvalue weighted by Gasteiger charge is 2.46. The number of hydrogen-bond acceptors (Lipinski definition) is 1. The lowest BCUT2D eigenvalue weighted by atomic mass is 9.58. The second kappa shape index (κ2) is 3.86. The fraction of sp³-hybridized carbons (Fsp3) is 0.462. The average molecular weight is 221 g/mol. The monoisotopic (exact) mass is 221 g/mol. The van der Waals surface area contributed by atoms with Crippen LogP contribution in [-0.2, 0) is 5.41 Å². The Labute approximate surface area is 93.7 Å². The number of benzene rings is 1. The average Bonchev–Trinajstić information content (AvgIpc) is 2.20. The quantitative estimate of drug-likeness (QED) is 0.749. The van der Waals surface area contributed by atoms with Crippen molar-refractivity contribution in [2.24, 2.45) is 5.92 Å². The van der Waals surface area contributed by atoms with Crippen LogP contribution in [0, 0.1) is 28.9 Å². The van der Waals surface area contributed by atoms with Gasteiger partial charge in [-0.25, -0.2) is 8.78 Å². The molecule has 2 rings (SSSR count). The maximum atomic E-state index is 13.6. The van der Waals surface area contributed by atoms with Crippen LogP contribution in [0.4, 0.5) is 8.78 Å². The fourth-order valence-electron chi connectivity index (χ4n) is 2.46. The van der Waals surface area contributed by atoms with Crippen LogP contribution >= 0.6 is 0 Å². The van der Waals surface area contributed by atoms with Crippen LogP contribution in [0.15, 0.2) is 18.2 Å². The third-order valence-corrected chi connectivity index (χ3v) is 3.51. The van der Waals surface area contributed by atoms with Gasteiger partial charge in [0, 0.05) is 11.6 Å². The summed E-state index contributed by atoms with van der Waals surface area (Å²) in [5.41, 5.74) is -0.376. The molecule has 1 aromatic rings. The maximum absolute atomic E-state index is 13.6. The summed E-state index contributed by atoms with van der Waals surface area (Å²) in [7, 11) is 0. The minimum atomic E-state index is -0.724. The van der Waals surface area contributed by atoms with Crippen molar-refractivity contribution in [3.63, 3.8) is 0 Å². The topological polar surface area (TPSA) is 23.8 Å². The van der Waals surface area contributed by atoms with Gasteiger partial charge >= 0.3 is 0 Å². The molecule has 0 amide bonds. The first-order chi connectivity index (χ1) is 7.61. The van der Waals surface area contributed by atoms with Crippen molar-refractivity contribution in [2.45, 2.75) is 31.6 Å². The maximum Gasteiger partial charge on any atom is 0.130 e. The zero-order chi connectivity index (χ0) is 11.8. The van der Waals surface area contributed by atoms with Crippen molar-refractivity contribution in [1.29, 1.82) is 5.26 Å². The molecular weight excluding hydrogens is 208 g/mol. The van der Waals surface area contributed by atoms with Crippen molar-refractivity contribution in [1.82, 2.24) is 0 Å². The molecule has 0 heterocycles. The van der Waals surface area contributed by atoms with Crippen molar-refractivity contribution >= 4 is 0 Å². The van der Waals surface area contributed by atoms with Gasteiger partial charge in [0.05, 0.1) is 11.5 Å². The van der Waals surface area contributed by atoms with Gasteiger partial charge in [0.2, 0.25) is 0 Å².